The molecule has 0 unspecified atom stereocenters. The van der Waals surface area contributed by atoms with Gasteiger partial charge in [0, 0.05) is 23.9 Å². The Bertz CT molecular complexity index is 953. The summed E-state index contributed by atoms with van der Waals surface area (Å²) in [4.78, 5) is 17.3. The fraction of sp³-hybridized carbons (Fsp3) is 0.238. The molecule has 3 aromatic rings. The number of pyridine rings is 1. The van der Waals surface area contributed by atoms with E-state index in [1.807, 2.05) is 48.5 Å². The Balaban J connectivity index is 0.00000196. The van der Waals surface area contributed by atoms with Crippen LogP contribution >= 0.6 is 0 Å². The van der Waals surface area contributed by atoms with E-state index in [4.69, 9.17) is 9.72 Å². The molecule has 3 N–H and O–H groups in total. The summed E-state index contributed by atoms with van der Waals surface area (Å²) in [7, 11) is 1.67. The molecule has 0 spiro atoms. The standard InChI is InChI=1S/C21H20N2O2.H2O/c1-25-19-12-5-2-7-14(19)13-22-21-15-8-3-4-9-16(15)23-17-10-6-11-18(24)20(17)21;/h2-5,7-9,12H,6,10-11,13H2,1H3,(H,22,23);1H2. The smallest absolute Gasteiger partial charge is 0.166 e. The molecule has 1 aromatic heterocycles. The minimum absolute atomic E-state index is 0. The van der Waals surface area contributed by atoms with Gasteiger partial charge >= 0.3 is 0 Å². The van der Waals surface area contributed by atoms with Gasteiger partial charge in [-0.25, -0.2) is 0 Å². The number of nitrogens with zero attached hydrogens (tertiary/aromatic N) is 1. The first-order valence-corrected chi connectivity index (χ1v) is 8.58. The molecule has 0 radical (unpaired) electrons. The zero-order chi connectivity index (χ0) is 17.2. The van der Waals surface area contributed by atoms with Gasteiger partial charge in [-0.2, -0.15) is 0 Å². The molecule has 2 aromatic carbocycles. The normalized spacial score (nSPS) is 13.0. The lowest BCUT2D eigenvalue weighted by Gasteiger charge is -2.21. The fourth-order valence-electron chi connectivity index (χ4n) is 3.50. The molecule has 0 atom stereocenters. The first kappa shape index (κ1) is 17.9. The van der Waals surface area contributed by atoms with Gasteiger partial charge in [-0.1, -0.05) is 36.4 Å². The Morgan fingerprint density at radius 2 is 1.85 bits per heavy atom. The number of aryl methyl sites for hydroxylation is 1. The van der Waals surface area contributed by atoms with Crippen molar-refractivity contribution in [3.05, 3.63) is 65.4 Å². The number of ether oxygens (including phenoxy) is 1. The van der Waals surface area contributed by atoms with Crippen LogP contribution in [0.25, 0.3) is 10.9 Å². The monoisotopic (exact) mass is 350 g/mol. The Hall–Kier alpha value is -2.92. The van der Waals surface area contributed by atoms with Crippen molar-refractivity contribution >= 4 is 22.4 Å². The van der Waals surface area contributed by atoms with Crippen molar-refractivity contribution in [2.75, 3.05) is 12.4 Å². The summed E-state index contributed by atoms with van der Waals surface area (Å²) >= 11 is 0. The van der Waals surface area contributed by atoms with Gasteiger partial charge in [0.2, 0.25) is 0 Å². The molecule has 1 aliphatic carbocycles. The number of hydrogen-bond donors (Lipinski definition) is 1. The number of benzene rings is 2. The van der Waals surface area contributed by atoms with Gasteiger partial charge in [0.15, 0.2) is 5.78 Å². The summed E-state index contributed by atoms with van der Waals surface area (Å²) in [6.45, 7) is 0.595. The molecule has 0 saturated heterocycles. The number of carbonyl (C=O) groups is 1. The maximum atomic E-state index is 12.6. The molecular weight excluding hydrogens is 328 g/mol. The molecule has 4 rings (SSSR count). The number of fused-ring (bicyclic) bond motifs is 2. The number of Topliss-reactive ketones (excluding diaryl/α,β-unsaturated/α-hetero) is 1. The van der Waals surface area contributed by atoms with Crippen molar-refractivity contribution in [3.63, 3.8) is 0 Å². The quantitative estimate of drug-likeness (QED) is 0.780. The van der Waals surface area contributed by atoms with Crippen LogP contribution in [-0.4, -0.2) is 23.4 Å². The topological polar surface area (TPSA) is 82.7 Å². The number of hydrogen-bond acceptors (Lipinski definition) is 4. The van der Waals surface area contributed by atoms with E-state index in [9.17, 15) is 4.79 Å². The van der Waals surface area contributed by atoms with E-state index in [0.29, 0.717) is 13.0 Å². The molecular formula is C21H22N2O3. The molecule has 0 bridgehead atoms. The van der Waals surface area contributed by atoms with Crippen LogP contribution in [0.15, 0.2) is 48.5 Å². The number of carbonyl (C=O) groups excluding carboxylic acids is 1. The highest BCUT2D eigenvalue weighted by molar-refractivity contribution is 6.09. The second kappa shape index (κ2) is 7.54. The Labute approximate surface area is 152 Å². The summed E-state index contributed by atoms with van der Waals surface area (Å²) in [6.07, 6.45) is 2.33. The van der Waals surface area contributed by atoms with Gasteiger partial charge in [0.25, 0.3) is 0 Å². The summed E-state index contributed by atoms with van der Waals surface area (Å²) in [5.74, 6) is 1.02. The van der Waals surface area contributed by atoms with Crippen molar-refractivity contribution in [3.8, 4) is 5.75 Å². The maximum absolute atomic E-state index is 12.6. The van der Waals surface area contributed by atoms with E-state index < -0.39 is 0 Å². The van der Waals surface area contributed by atoms with Crippen molar-refractivity contribution in [1.29, 1.82) is 0 Å². The predicted octanol–water partition coefficient (Wildman–Crippen LogP) is 3.55. The van der Waals surface area contributed by atoms with Gasteiger partial charge in [0.1, 0.15) is 5.75 Å². The van der Waals surface area contributed by atoms with Crippen LogP contribution < -0.4 is 10.1 Å². The minimum atomic E-state index is 0. The molecule has 5 nitrogen and oxygen atoms in total. The van der Waals surface area contributed by atoms with E-state index in [1.165, 1.54) is 0 Å². The summed E-state index contributed by atoms with van der Waals surface area (Å²) < 4.78 is 5.44. The zero-order valence-corrected chi connectivity index (χ0v) is 14.7. The molecule has 26 heavy (non-hydrogen) atoms. The number of anilines is 1. The summed E-state index contributed by atoms with van der Waals surface area (Å²) in [5.41, 5.74) is 4.56. The van der Waals surface area contributed by atoms with Gasteiger partial charge in [-0.05, 0) is 25.0 Å². The lowest BCUT2D eigenvalue weighted by Crippen LogP contribution is -2.17. The second-order valence-electron chi connectivity index (χ2n) is 6.27. The number of aromatic nitrogens is 1. The molecule has 5 heteroatoms. The van der Waals surface area contributed by atoms with Crippen molar-refractivity contribution in [2.45, 2.75) is 25.8 Å². The molecule has 0 fully saturated rings. The number of methoxy groups -OCH3 is 1. The van der Waals surface area contributed by atoms with E-state index >= 15 is 0 Å². The number of rotatable bonds is 4. The summed E-state index contributed by atoms with van der Waals surface area (Å²) in [6, 6.07) is 15.9. The van der Waals surface area contributed by atoms with Crippen LogP contribution in [0, 0.1) is 0 Å². The minimum Gasteiger partial charge on any atom is -0.496 e. The van der Waals surface area contributed by atoms with Gasteiger partial charge < -0.3 is 15.5 Å². The van der Waals surface area contributed by atoms with Crippen LogP contribution in [0.4, 0.5) is 5.69 Å². The van der Waals surface area contributed by atoms with Crippen LogP contribution in [0.5, 0.6) is 5.75 Å². The SMILES string of the molecule is COc1ccccc1CNc1c2c(nc3ccccc13)CCCC2=O.O. The van der Waals surface area contributed by atoms with Crippen molar-refractivity contribution in [1.82, 2.24) is 4.98 Å². The molecule has 1 heterocycles. The van der Waals surface area contributed by atoms with Crippen LogP contribution in [0.1, 0.15) is 34.5 Å². The molecule has 134 valence electrons. The maximum Gasteiger partial charge on any atom is 0.166 e. The Morgan fingerprint density at radius 3 is 2.69 bits per heavy atom. The Morgan fingerprint density at radius 1 is 1.08 bits per heavy atom. The fourth-order valence-corrected chi connectivity index (χ4v) is 3.50. The third-order valence-electron chi connectivity index (χ3n) is 4.71. The number of para-hydroxylation sites is 2. The highest BCUT2D eigenvalue weighted by Gasteiger charge is 2.24. The van der Waals surface area contributed by atoms with Crippen LogP contribution in [-0.2, 0) is 13.0 Å². The van der Waals surface area contributed by atoms with Gasteiger partial charge in [-0.3, -0.25) is 9.78 Å². The highest BCUT2D eigenvalue weighted by atomic mass is 16.5. The molecule has 0 amide bonds. The third-order valence-corrected chi connectivity index (χ3v) is 4.71. The molecule has 0 aliphatic heterocycles. The number of nitrogens with one attached hydrogen (secondary N) is 1. The summed E-state index contributed by atoms with van der Waals surface area (Å²) in [5, 5.41) is 4.49. The Kier molecular flexibility index (Phi) is 5.19. The number of ketones is 1. The predicted molar refractivity (Wildman–Crippen MR) is 103 cm³/mol. The lowest BCUT2D eigenvalue weighted by molar-refractivity contribution is 0.0972. The van der Waals surface area contributed by atoms with Gasteiger partial charge in [0.05, 0.1) is 29.6 Å². The van der Waals surface area contributed by atoms with Crippen molar-refractivity contribution < 1.29 is 15.0 Å². The van der Waals surface area contributed by atoms with E-state index in [2.05, 4.69) is 5.32 Å². The third kappa shape index (κ3) is 3.13. The molecule has 0 saturated carbocycles. The largest absolute Gasteiger partial charge is 0.496 e. The van der Waals surface area contributed by atoms with Gasteiger partial charge in [-0.15, -0.1) is 0 Å². The highest BCUT2D eigenvalue weighted by Crippen LogP contribution is 2.34. The average Bonchev–Trinajstić information content (AvgIpc) is 2.65. The first-order valence-electron chi connectivity index (χ1n) is 8.58. The first-order chi connectivity index (χ1) is 12.3. The molecule has 1 aliphatic rings. The zero-order valence-electron chi connectivity index (χ0n) is 14.7. The lowest BCUT2D eigenvalue weighted by atomic mass is 9.91. The van der Waals surface area contributed by atoms with Crippen LogP contribution in [0.3, 0.4) is 0 Å². The second-order valence-corrected chi connectivity index (χ2v) is 6.27. The van der Waals surface area contributed by atoms with E-state index in [1.54, 1.807) is 7.11 Å². The van der Waals surface area contributed by atoms with Crippen LogP contribution in [0.2, 0.25) is 0 Å². The van der Waals surface area contributed by atoms with Crippen molar-refractivity contribution in [2.24, 2.45) is 0 Å². The van der Waals surface area contributed by atoms with E-state index in [0.717, 1.165) is 52.0 Å². The average molecular weight is 350 g/mol. The van der Waals surface area contributed by atoms with E-state index in [-0.39, 0.29) is 11.3 Å².